The predicted molar refractivity (Wildman–Crippen MR) is 115 cm³/mol. The minimum absolute atomic E-state index is 0.585. The van der Waals surface area contributed by atoms with Crippen LogP contribution in [0, 0.1) is 0 Å². The molecule has 2 heterocycles. The summed E-state index contributed by atoms with van der Waals surface area (Å²) in [4.78, 5) is 8.66. The number of hydrogen-bond acceptors (Lipinski definition) is 4. The minimum atomic E-state index is 0.585. The Bertz CT molecular complexity index is 907. The number of ether oxygens (including phenoxy) is 1. The standard InChI is InChI=1S/C22H28N6O/c1-3-14-29-21-19(10-6-11-24-21)16-26-22(23-2)25-15-18-8-4-5-9-20(18)17-28-13-7-12-27-28/h4-13H,3,14-17H2,1-2H3,(H2,23,25,26). The predicted octanol–water partition coefficient (Wildman–Crippen LogP) is 2.98. The third-order valence-corrected chi connectivity index (χ3v) is 4.42. The Morgan fingerprint density at radius 2 is 1.76 bits per heavy atom. The van der Waals surface area contributed by atoms with E-state index in [1.54, 1.807) is 19.4 Å². The molecular formula is C22H28N6O. The van der Waals surface area contributed by atoms with Crippen LogP contribution in [0.1, 0.15) is 30.0 Å². The molecule has 0 atom stereocenters. The molecule has 0 fully saturated rings. The highest BCUT2D eigenvalue weighted by Gasteiger charge is 2.07. The van der Waals surface area contributed by atoms with Crippen molar-refractivity contribution in [2.75, 3.05) is 13.7 Å². The van der Waals surface area contributed by atoms with Crippen molar-refractivity contribution < 1.29 is 4.74 Å². The Morgan fingerprint density at radius 1 is 1.00 bits per heavy atom. The maximum Gasteiger partial charge on any atom is 0.218 e. The van der Waals surface area contributed by atoms with E-state index in [0.717, 1.165) is 24.5 Å². The number of aliphatic imine (C=N–C) groups is 1. The molecule has 0 aliphatic carbocycles. The zero-order valence-corrected chi connectivity index (χ0v) is 17.0. The van der Waals surface area contributed by atoms with Crippen LogP contribution in [0.25, 0.3) is 0 Å². The number of guanidine groups is 1. The van der Waals surface area contributed by atoms with Crippen molar-refractivity contribution in [3.8, 4) is 5.88 Å². The molecule has 3 rings (SSSR count). The molecule has 2 aromatic heterocycles. The summed E-state index contributed by atoms with van der Waals surface area (Å²) in [5.74, 6) is 1.39. The molecule has 3 aromatic rings. The zero-order chi connectivity index (χ0) is 20.3. The molecule has 0 spiro atoms. The number of rotatable bonds is 9. The Morgan fingerprint density at radius 3 is 2.48 bits per heavy atom. The number of nitrogens with zero attached hydrogens (tertiary/aromatic N) is 4. The molecule has 7 nitrogen and oxygen atoms in total. The van der Waals surface area contributed by atoms with E-state index in [2.05, 4.69) is 50.8 Å². The second-order valence-corrected chi connectivity index (χ2v) is 6.57. The average Bonchev–Trinajstić information content (AvgIpc) is 3.27. The summed E-state index contributed by atoms with van der Waals surface area (Å²) in [5, 5.41) is 11.0. The third-order valence-electron chi connectivity index (χ3n) is 4.42. The van der Waals surface area contributed by atoms with E-state index in [1.165, 1.54) is 11.1 Å². The normalized spacial score (nSPS) is 11.3. The van der Waals surface area contributed by atoms with Crippen molar-refractivity contribution in [2.24, 2.45) is 4.99 Å². The summed E-state index contributed by atoms with van der Waals surface area (Å²) in [6, 6.07) is 14.2. The largest absolute Gasteiger partial charge is 0.477 e. The molecule has 1 aromatic carbocycles. The van der Waals surface area contributed by atoms with E-state index in [1.807, 2.05) is 35.1 Å². The van der Waals surface area contributed by atoms with Crippen molar-refractivity contribution in [3.63, 3.8) is 0 Å². The lowest BCUT2D eigenvalue weighted by atomic mass is 10.1. The van der Waals surface area contributed by atoms with E-state index < -0.39 is 0 Å². The quantitative estimate of drug-likeness (QED) is 0.432. The summed E-state index contributed by atoms with van der Waals surface area (Å²) in [6.45, 7) is 4.73. The van der Waals surface area contributed by atoms with Crippen LogP contribution < -0.4 is 15.4 Å². The van der Waals surface area contributed by atoms with Crippen LogP contribution in [0.15, 0.2) is 66.0 Å². The average molecular weight is 393 g/mol. The van der Waals surface area contributed by atoms with Gasteiger partial charge in [0.25, 0.3) is 0 Å². The molecular weight excluding hydrogens is 364 g/mol. The topological polar surface area (TPSA) is 76.4 Å². The Labute approximate surface area is 171 Å². The van der Waals surface area contributed by atoms with Crippen LogP contribution >= 0.6 is 0 Å². The van der Waals surface area contributed by atoms with Gasteiger partial charge in [0.2, 0.25) is 5.88 Å². The molecule has 0 aliphatic rings. The van der Waals surface area contributed by atoms with Crippen molar-refractivity contribution in [1.82, 2.24) is 25.4 Å². The van der Waals surface area contributed by atoms with E-state index in [9.17, 15) is 0 Å². The van der Waals surface area contributed by atoms with Crippen molar-refractivity contribution in [3.05, 3.63) is 77.7 Å². The van der Waals surface area contributed by atoms with Crippen LogP contribution in [0.2, 0.25) is 0 Å². The van der Waals surface area contributed by atoms with Gasteiger partial charge in [-0.1, -0.05) is 37.3 Å². The maximum atomic E-state index is 5.73. The Hall–Kier alpha value is -3.35. The number of benzene rings is 1. The molecule has 0 saturated heterocycles. The summed E-state index contributed by atoms with van der Waals surface area (Å²) in [6.07, 6.45) is 6.46. The molecule has 0 aliphatic heterocycles. The SMILES string of the molecule is CCCOc1ncccc1CNC(=NC)NCc1ccccc1Cn1cccn1. The maximum absolute atomic E-state index is 5.73. The first-order valence-corrected chi connectivity index (χ1v) is 9.85. The van der Waals surface area contributed by atoms with Gasteiger partial charge in [0.1, 0.15) is 0 Å². The highest BCUT2D eigenvalue weighted by atomic mass is 16.5. The van der Waals surface area contributed by atoms with Crippen LogP contribution in [-0.4, -0.2) is 34.4 Å². The Balaban J connectivity index is 1.58. The smallest absolute Gasteiger partial charge is 0.218 e. The van der Waals surface area contributed by atoms with Crippen molar-refractivity contribution >= 4 is 5.96 Å². The summed E-state index contributed by atoms with van der Waals surface area (Å²) in [5.41, 5.74) is 3.43. The van der Waals surface area contributed by atoms with Gasteiger partial charge in [-0.25, -0.2) is 4.98 Å². The van der Waals surface area contributed by atoms with Gasteiger partial charge in [-0.2, -0.15) is 5.10 Å². The van der Waals surface area contributed by atoms with Crippen molar-refractivity contribution in [1.29, 1.82) is 0 Å². The molecule has 0 unspecified atom stereocenters. The van der Waals surface area contributed by atoms with E-state index >= 15 is 0 Å². The third kappa shape index (κ3) is 6.07. The molecule has 152 valence electrons. The summed E-state index contributed by atoms with van der Waals surface area (Å²) >= 11 is 0. The van der Waals surface area contributed by atoms with Crippen LogP contribution in [0.5, 0.6) is 5.88 Å². The fourth-order valence-corrected chi connectivity index (χ4v) is 2.92. The first-order valence-electron chi connectivity index (χ1n) is 9.85. The van der Waals surface area contributed by atoms with E-state index in [0.29, 0.717) is 25.6 Å². The van der Waals surface area contributed by atoms with Crippen LogP contribution in [0.4, 0.5) is 0 Å². The lowest BCUT2D eigenvalue weighted by Crippen LogP contribution is -2.36. The van der Waals surface area contributed by atoms with Gasteiger partial charge in [0, 0.05) is 44.3 Å². The second-order valence-electron chi connectivity index (χ2n) is 6.57. The number of aromatic nitrogens is 3. The summed E-state index contributed by atoms with van der Waals surface area (Å²) < 4.78 is 7.65. The second kappa shape index (κ2) is 10.8. The monoisotopic (exact) mass is 392 g/mol. The first-order chi connectivity index (χ1) is 14.3. The van der Waals surface area contributed by atoms with Gasteiger partial charge in [-0.05, 0) is 29.7 Å². The van der Waals surface area contributed by atoms with Gasteiger partial charge < -0.3 is 15.4 Å². The van der Waals surface area contributed by atoms with Crippen LogP contribution in [-0.2, 0) is 19.6 Å². The zero-order valence-electron chi connectivity index (χ0n) is 17.0. The lowest BCUT2D eigenvalue weighted by molar-refractivity contribution is 0.301. The summed E-state index contributed by atoms with van der Waals surface area (Å²) in [7, 11) is 1.77. The fraction of sp³-hybridized carbons (Fsp3) is 0.318. The van der Waals surface area contributed by atoms with Gasteiger partial charge in [0.15, 0.2) is 5.96 Å². The molecule has 0 amide bonds. The molecule has 2 N–H and O–H groups in total. The fourth-order valence-electron chi connectivity index (χ4n) is 2.92. The molecule has 0 radical (unpaired) electrons. The van der Waals surface area contributed by atoms with Crippen LogP contribution in [0.3, 0.4) is 0 Å². The lowest BCUT2D eigenvalue weighted by Gasteiger charge is -2.15. The number of hydrogen-bond donors (Lipinski definition) is 2. The van der Waals surface area contributed by atoms with Gasteiger partial charge in [-0.15, -0.1) is 0 Å². The molecule has 7 heteroatoms. The van der Waals surface area contributed by atoms with E-state index in [-0.39, 0.29) is 0 Å². The first kappa shape index (κ1) is 20.4. The highest BCUT2D eigenvalue weighted by Crippen LogP contribution is 2.14. The highest BCUT2D eigenvalue weighted by molar-refractivity contribution is 5.79. The molecule has 29 heavy (non-hydrogen) atoms. The van der Waals surface area contributed by atoms with E-state index in [4.69, 9.17) is 4.74 Å². The van der Waals surface area contributed by atoms with Gasteiger partial charge in [-0.3, -0.25) is 9.67 Å². The molecule has 0 saturated carbocycles. The minimum Gasteiger partial charge on any atom is -0.477 e. The van der Waals surface area contributed by atoms with Gasteiger partial charge in [0.05, 0.1) is 13.2 Å². The van der Waals surface area contributed by atoms with Gasteiger partial charge >= 0.3 is 0 Å². The van der Waals surface area contributed by atoms with Crippen molar-refractivity contribution in [2.45, 2.75) is 33.0 Å². The number of pyridine rings is 1. The molecule has 0 bridgehead atoms. The Kier molecular flexibility index (Phi) is 7.63. The number of nitrogens with one attached hydrogen (secondary N) is 2.